The van der Waals surface area contributed by atoms with Crippen LogP contribution in [0.2, 0.25) is 5.02 Å². The number of anilines is 1. The number of nitrogens with zero attached hydrogens (tertiary/aromatic N) is 5. The van der Waals surface area contributed by atoms with E-state index in [0.717, 1.165) is 18.3 Å². The van der Waals surface area contributed by atoms with E-state index in [2.05, 4.69) is 20.4 Å². The topological polar surface area (TPSA) is 149 Å². The van der Waals surface area contributed by atoms with E-state index in [0.29, 0.717) is 65.0 Å². The number of halogens is 5. The molecule has 0 radical (unpaired) electrons. The number of aliphatic hydroxyl groups is 1. The zero-order chi connectivity index (χ0) is 38.0. The van der Waals surface area contributed by atoms with Crippen LogP contribution in [-0.2, 0) is 16.6 Å². The highest BCUT2D eigenvalue weighted by Crippen LogP contribution is 2.32. The van der Waals surface area contributed by atoms with Crippen LogP contribution in [0.3, 0.4) is 0 Å². The Kier molecular flexibility index (Phi) is 11.3. The zero-order valence-corrected chi connectivity index (χ0v) is 29.5. The molecule has 3 aliphatic rings. The molecule has 284 valence electrons. The Labute approximate surface area is 306 Å². The molecule has 3 aliphatic heterocycles. The number of imidazole rings is 1. The number of nitrogens with one attached hydrogen (secondary N) is 2. The SMILES string of the molecule is Cn1c(-c2ccc(OC(F)F)c(F)c2F)cnc1C(=O)Nc1ccc(C(=O)N2CCN(C(=O)C3CCN(C(=O)C4(O)CCNCC4)CC3)CC2)c(Cl)c1. The Hall–Kier alpha value is -4.74. The standard InChI is InChI=1S/C35H38ClF4N7O6/c1-44-25(23-4-5-26(53-34(39)40)28(38)27(23)37)19-42-29(44)30(48)43-21-2-3-22(24(36)18-21)32(50)46-16-14-45(15-17-46)31(49)20-6-12-47(13-7-20)33(51)35(52)8-10-41-11-9-35/h2-5,18-20,34,41,52H,6-17H2,1H3,(H,43,48). The fourth-order valence-corrected chi connectivity index (χ4v) is 7.24. The summed E-state index contributed by atoms with van der Waals surface area (Å²) in [4.78, 5) is 61.7. The average Bonchev–Trinajstić information content (AvgIpc) is 3.53. The van der Waals surface area contributed by atoms with Gasteiger partial charge in [-0.15, -0.1) is 0 Å². The molecule has 3 aromatic rings. The number of hydrogen-bond donors (Lipinski definition) is 3. The van der Waals surface area contributed by atoms with Crippen molar-refractivity contribution in [2.24, 2.45) is 13.0 Å². The number of hydrogen-bond acceptors (Lipinski definition) is 8. The number of likely N-dealkylation sites (tertiary alicyclic amines) is 1. The molecule has 0 aliphatic carbocycles. The summed E-state index contributed by atoms with van der Waals surface area (Å²) in [6.45, 7) is -0.150. The van der Waals surface area contributed by atoms with E-state index >= 15 is 0 Å². The predicted octanol–water partition coefficient (Wildman–Crippen LogP) is 3.51. The second kappa shape index (κ2) is 15.7. The first-order valence-corrected chi connectivity index (χ1v) is 17.5. The van der Waals surface area contributed by atoms with E-state index in [1.165, 1.54) is 29.8 Å². The summed E-state index contributed by atoms with van der Waals surface area (Å²) in [5, 5.41) is 16.6. The van der Waals surface area contributed by atoms with Crippen molar-refractivity contribution in [1.82, 2.24) is 29.6 Å². The van der Waals surface area contributed by atoms with Gasteiger partial charge in [0.05, 0.1) is 22.5 Å². The van der Waals surface area contributed by atoms with Crippen molar-refractivity contribution in [3.05, 3.63) is 64.6 Å². The molecule has 0 atom stereocenters. The molecule has 1 aromatic heterocycles. The van der Waals surface area contributed by atoms with Crippen LogP contribution in [0.25, 0.3) is 11.3 Å². The number of aromatic nitrogens is 2. The number of rotatable bonds is 8. The van der Waals surface area contributed by atoms with Crippen molar-refractivity contribution in [2.75, 3.05) is 57.7 Å². The lowest BCUT2D eigenvalue weighted by Crippen LogP contribution is -2.57. The van der Waals surface area contributed by atoms with Crippen LogP contribution in [-0.4, -0.2) is 118 Å². The summed E-state index contributed by atoms with van der Waals surface area (Å²) in [5.74, 6) is -5.85. The highest BCUT2D eigenvalue weighted by atomic mass is 35.5. The summed E-state index contributed by atoms with van der Waals surface area (Å²) in [6.07, 6.45) is 2.87. The van der Waals surface area contributed by atoms with Gasteiger partial charge >= 0.3 is 6.61 Å². The fourth-order valence-electron chi connectivity index (χ4n) is 6.98. The van der Waals surface area contributed by atoms with Gasteiger partial charge in [-0.3, -0.25) is 19.2 Å². The molecule has 0 saturated carbocycles. The lowest BCUT2D eigenvalue weighted by Gasteiger charge is -2.41. The molecule has 2 aromatic carbocycles. The lowest BCUT2D eigenvalue weighted by molar-refractivity contribution is -0.157. The van der Waals surface area contributed by atoms with Crippen LogP contribution < -0.4 is 15.4 Å². The molecule has 6 rings (SSSR count). The van der Waals surface area contributed by atoms with E-state index in [1.54, 1.807) is 14.7 Å². The first-order chi connectivity index (χ1) is 25.3. The molecule has 3 saturated heterocycles. The third-order valence-electron chi connectivity index (χ3n) is 10.0. The van der Waals surface area contributed by atoms with Crippen molar-refractivity contribution >= 4 is 40.9 Å². The van der Waals surface area contributed by atoms with Crippen LogP contribution in [0, 0.1) is 17.6 Å². The zero-order valence-electron chi connectivity index (χ0n) is 28.7. The number of carbonyl (C=O) groups excluding carboxylic acids is 4. The minimum Gasteiger partial charge on any atom is -0.432 e. The summed E-state index contributed by atoms with van der Waals surface area (Å²) in [7, 11) is 1.38. The first-order valence-electron chi connectivity index (χ1n) is 17.1. The molecule has 3 fully saturated rings. The Balaban J connectivity index is 1.01. The first kappa shape index (κ1) is 38.0. The summed E-state index contributed by atoms with van der Waals surface area (Å²) < 4.78 is 59.2. The third kappa shape index (κ3) is 7.96. The Bertz CT molecular complexity index is 1890. The summed E-state index contributed by atoms with van der Waals surface area (Å²) in [5.41, 5.74) is -1.29. The van der Waals surface area contributed by atoms with Crippen molar-refractivity contribution in [3.63, 3.8) is 0 Å². The quantitative estimate of drug-likeness (QED) is 0.296. The summed E-state index contributed by atoms with van der Waals surface area (Å²) >= 11 is 6.47. The highest BCUT2D eigenvalue weighted by Gasteiger charge is 2.42. The molecule has 0 bridgehead atoms. The maximum Gasteiger partial charge on any atom is 0.387 e. The molecule has 3 N–H and O–H groups in total. The third-order valence-corrected chi connectivity index (χ3v) is 10.3. The number of piperazine rings is 1. The predicted molar refractivity (Wildman–Crippen MR) is 183 cm³/mol. The van der Waals surface area contributed by atoms with Crippen molar-refractivity contribution in [1.29, 1.82) is 0 Å². The van der Waals surface area contributed by atoms with Crippen LogP contribution in [0.15, 0.2) is 36.5 Å². The molecular formula is C35H38ClF4N7O6. The number of amides is 4. The molecule has 13 nitrogen and oxygen atoms in total. The van der Waals surface area contributed by atoms with Crippen LogP contribution >= 0.6 is 11.6 Å². The van der Waals surface area contributed by atoms with Gasteiger partial charge in [0.15, 0.2) is 17.4 Å². The monoisotopic (exact) mass is 763 g/mol. The number of ether oxygens (including phenoxy) is 1. The van der Waals surface area contributed by atoms with Gasteiger partial charge in [-0.25, -0.2) is 9.37 Å². The van der Waals surface area contributed by atoms with Gasteiger partial charge in [0, 0.05) is 63.5 Å². The molecular weight excluding hydrogens is 726 g/mol. The van der Waals surface area contributed by atoms with Crippen molar-refractivity contribution in [2.45, 2.75) is 37.9 Å². The Morgan fingerprint density at radius 3 is 2.26 bits per heavy atom. The van der Waals surface area contributed by atoms with Gasteiger partial charge in [0.25, 0.3) is 17.7 Å². The Morgan fingerprint density at radius 1 is 0.962 bits per heavy atom. The normalized spacial score (nSPS) is 17.9. The minimum atomic E-state index is -3.35. The molecule has 4 heterocycles. The van der Waals surface area contributed by atoms with E-state index in [4.69, 9.17) is 11.6 Å². The number of piperidine rings is 2. The Morgan fingerprint density at radius 2 is 1.62 bits per heavy atom. The molecule has 0 spiro atoms. The average molecular weight is 764 g/mol. The molecule has 53 heavy (non-hydrogen) atoms. The van der Waals surface area contributed by atoms with Gasteiger partial charge in [-0.05, 0) is 69.1 Å². The van der Waals surface area contributed by atoms with Gasteiger partial charge in [-0.2, -0.15) is 13.2 Å². The van der Waals surface area contributed by atoms with E-state index in [9.17, 15) is 41.8 Å². The smallest absolute Gasteiger partial charge is 0.387 e. The highest BCUT2D eigenvalue weighted by molar-refractivity contribution is 6.34. The second-order valence-corrected chi connectivity index (χ2v) is 13.7. The lowest BCUT2D eigenvalue weighted by atomic mass is 9.88. The van der Waals surface area contributed by atoms with Crippen molar-refractivity contribution < 1.29 is 46.6 Å². The maximum atomic E-state index is 14.7. The molecule has 18 heteroatoms. The fraction of sp³-hybridized carbons (Fsp3) is 0.457. The maximum absolute atomic E-state index is 14.7. The van der Waals surface area contributed by atoms with Gasteiger partial charge in [-0.1, -0.05) is 11.6 Å². The van der Waals surface area contributed by atoms with E-state index in [1.807, 2.05) is 0 Å². The van der Waals surface area contributed by atoms with Gasteiger partial charge < -0.3 is 39.7 Å². The van der Waals surface area contributed by atoms with Gasteiger partial charge in [0.1, 0.15) is 5.60 Å². The van der Waals surface area contributed by atoms with E-state index in [-0.39, 0.29) is 70.1 Å². The minimum absolute atomic E-state index is 0.0127. The molecule has 0 unspecified atom stereocenters. The van der Waals surface area contributed by atoms with Gasteiger partial charge in [0.2, 0.25) is 11.7 Å². The largest absolute Gasteiger partial charge is 0.432 e. The van der Waals surface area contributed by atoms with Crippen LogP contribution in [0.4, 0.5) is 23.2 Å². The number of alkyl halides is 2. The number of benzene rings is 2. The van der Waals surface area contributed by atoms with Crippen LogP contribution in [0.5, 0.6) is 5.75 Å². The van der Waals surface area contributed by atoms with Crippen LogP contribution in [0.1, 0.15) is 46.7 Å². The second-order valence-electron chi connectivity index (χ2n) is 13.3. The summed E-state index contributed by atoms with van der Waals surface area (Å²) in [6, 6.07) is 6.18. The number of carbonyl (C=O) groups is 4. The van der Waals surface area contributed by atoms with E-state index < -0.39 is 35.5 Å². The molecule has 4 amide bonds. The van der Waals surface area contributed by atoms with Crippen molar-refractivity contribution in [3.8, 4) is 17.0 Å².